The second kappa shape index (κ2) is 5.51. The number of benzene rings is 1. The van der Waals surface area contributed by atoms with E-state index in [1.165, 1.54) is 11.1 Å². The number of rotatable bonds is 5. The fourth-order valence-corrected chi connectivity index (χ4v) is 2.83. The van der Waals surface area contributed by atoms with Gasteiger partial charge in [0.25, 0.3) is 0 Å². The SMILES string of the molecule is COCC(C)(C)n1c(CCCl)nc2cccc(C)c21. The van der Waals surface area contributed by atoms with Crippen LogP contribution >= 0.6 is 11.6 Å². The van der Waals surface area contributed by atoms with E-state index < -0.39 is 0 Å². The highest BCUT2D eigenvalue weighted by molar-refractivity contribution is 6.17. The van der Waals surface area contributed by atoms with Gasteiger partial charge in [0.05, 0.1) is 23.2 Å². The number of alkyl halides is 1. The Morgan fingerprint density at radius 1 is 1.37 bits per heavy atom. The highest BCUT2D eigenvalue weighted by Crippen LogP contribution is 2.28. The van der Waals surface area contributed by atoms with Gasteiger partial charge in [-0.05, 0) is 32.4 Å². The van der Waals surface area contributed by atoms with Crippen molar-refractivity contribution in [2.24, 2.45) is 0 Å². The molecule has 1 heterocycles. The summed E-state index contributed by atoms with van der Waals surface area (Å²) in [7, 11) is 1.73. The van der Waals surface area contributed by atoms with Crippen molar-refractivity contribution >= 4 is 22.6 Å². The summed E-state index contributed by atoms with van der Waals surface area (Å²) in [6.45, 7) is 7.10. The van der Waals surface area contributed by atoms with E-state index in [2.05, 4.69) is 37.5 Å². The van der Waals surface area contributed by atoms with Crippen molar-refractivity contribution in [3.05, 3.63) is 29.6 Å². The molecule has 104 valence electrons. The minimum absolute atomic E-state index is 0.142. The van der Waals surface area contributed by atoms with Crippen molar-refractivity contribution in [3.63, 3.8) is 0 Å². The first kappa shape index (κ1) is 14.4. The van der Waals surface area contributed by atoms with Gasteiger partial charge >= 0.3 is 0 Å². The molecule has 0 radical (unpaired) electrons. The van der Waals surface area contributed by atoms with Gasteiger partial charge in [0.15, 0.2) is 0 Å². The van der Waals surface area contributed by atoms with Crippen LogP contribution in [0.25, 0.3) is 11.0 Å². The van der Waals surface area contributed by atoms with Crippen LogP contribution < -0.4 is 0 Å². The third kappa shape index (κ3) is 2.63. The number of aryl methyl sites for hydroxylation is 2. The standard InChI is InChI=1S/C15H21ClN2O/c1-11-6-5-7-12-14(11)18(13(17-12)8-9-16)15(2,3)10-19-4/h5-7H,8-10H2,1-4H3. The number of aromatic nitrogens is 2. The van der Waals surface area contributed by atoms with Crippen molar-refractivity contribution in [2.75, 3.05) is 19.6 Å². The third-order valence-corrected chi connectivity index (χ3v) is 3.56. The number of hydrogen-bond donors (Lipinski definition) is 0. The molecule has 2 rings (SSSR count). The predicted molar refractivity (Wildman–Crippen MR) is 80.1 cm³/mol. The van der Waals surface area contributed by atoms with E-state index in [1.807, 2.05) is 6.07 Å². The van der Waals surface area contributed by atoms with Gasteiger partial charge in [-0.15, -0.1) is 11.6 Å². The zero-order chi connectivity index (χ0) is 14.0. The zero-order valence-electron chi connectivity index (χ0n) is 12.0. The molecule has 0 amide bonds. The van der Waals surface area contributed by atoms with Gasteiger partial charge < -0.3 is 9.30 Å². The van der Waals surface area contributed by atoms with Gasteiger partial charge in [-0.3, -0.25) is 0 Å². The molecule has 1 aromatic carbocycles. The zero-order valence-corrected chi connectivity index (χ0v) is 12.8. The molecule has 2 aromatic rings. The molecule has 0 fully saturated rings. The van der Waals surface area contributed by atoms with E-state index in [0.717, 1.165) is 17.8 Å². The molecule has 4 heteroatoms. The van der Waals surface area contributed by atoms with Gasteiger partial charge in [-0.25, -0.2) is 4.98 Å². The summed E-state index contributed by atoms with van der Waals surface area (Å²) in [5, 5.41) is 0. The van der Waals surface area contributed by atoms with Gasteiger partial charge in [0.2, 0.25) is 0 Å². The molecule has 0 spiro atoms. The van der Waals surface area contributed by atoms with Gasteiger partial charge in [0.1, 0.15) is 5.82 Å². The molecule has 0 aliphatic rings. The quantitative estimate of drug-likeness (QED) is 0.784. The van der Waals surface area contributed by atoms with Gasteiger partial charge in [-0.1, -0.05) is 12.1 Å². The van der Waals surface area contributed by atoms with Crippen LogP contribution in [0.3, 0.4) is 0 Å². The lowest BCUT2D eigenvalue weighted by Gasteiger charge is -2.29. The Labute approximate surface area is 119 Å². The average Bonchev–Trinajstić information content (AvgIpc) is 2.70. The molecule has 0 aliphatic carbocycles. The summed E-state index contributed by atoms with van der Waals surface area (Å²) < 4.78 is 7.65. The van der Waals surface area contributed by atoms with E-state index in [1.54, 1.807) is 7.11 Å². The lowest BCUT2D eigenvalue weighted by Crippen LogP contribution is -2.33. The Morgan fingerprint density at radius 3 is 2.74 bits per heavy atom. The number of imidazole rings is 1. The van der Waals surface area contributed by atoms with Crippen LogP contribution in [0.15, 0.2) is 18.2 Å². The minimum atomic E-state index is -0.142. The number of ether oxygens (including phenoxy) is 1. The first-order chi connectivity index (χ1) is 9.01. The molecule has 1 aromatic heterocycles. The van der Waals surface area contributed by atoms with Crippen LogP contribution in [0.5, 0.6) is 0 Å². The Bertz CT molecular complexity index is 575. The predicted octanol–water partition coefficient (Wildman–Crippen LogP) is 3.51. The minimum Gasteiger partial charge on any atom is -0.382 e. The number of methoxy groups -OCH3 is 1. The number of para-hydroxylation sites is 1. The van der Waals surface area contributed by atoms with Crippen LogP contribution in [-0.2, 0) is 16.7 Å². The van der Waals surface area contributed by atoms with Crippen LogP contribution in [0.4, 0.5) is 0 Å². The summed E-state index contributed by atoms with van der Waals surface area (Å²) in [5.41, 5.74) is 3.31. The molecule has 0 aliphatic heterocycles. The van der Waals surface area contributed by atoms with E-state index in [4.69, 9.17) is 21.3 Å². The molecule has 0 bridgehead atoms. The normalized spacial score (nSPS) is 12.3. The van der Waals surface area contributed by atoms with E-state index in [0.29, 0.717) is 12.5 Å². The Hall–Kier alpha value is -1.06. The van der Waals surface area contributed by atoms with Crippen LogP contribution in [0.2, 0.25) is 0 Å². The monoisotopic (exact) mass is 280 g/mol. The fourth-order valence-electron chi connectivity index (χ4n) is 2.66. The van der Waals surface area contributed by atoms with E-state index >= 15 is 0 Å². The van der Waals surface area contributed by atoms with Crippen molar-refractivity contribution in [1.29, 1.82) is 0 Å². The summed E-state index contributed by atoms with van der Waals surface area (Å²) in [5.74, 6) is 1.60. The largest absolute Gasteiger partial charge is 0.382 e. The van der Waals surface area contributed by atoms with Crippen molar-refractivity contribution in [1.82, 2.24) is 9.55 Å². The van der Waals surface area contributed by atoms with Crippen LogP contribution in [0, 0.1) is 6.92 Å². The first-order valence-corrected chi connectivity index (χ1v) is 7.07. The highest BCUT2D eigenvalue weighted by atomic mass is 35.5. The molecule has 0 unspecified atom stereocenters. The summed E-state index contributed by atoms with van der Waals surface area (Å²) in [6, 6.07) is 6.22. The van der Waals surface area contributed by atoms with Crippen molar-refractivity contribution < 1.29 is 4.74 Å². The molecular weight excluding hydrogens is 260 g/mol. The summed E-state index contributed by atoms with van der Waals surface area (Å²) in [6.07, 6.45) is 0.767. The average molecular weight is 281 g/mol. The smallest absolute Gasteiger partial charge is 0.111 e. The number of halogens is 1. The molecule has 19 heavy (non-hydrogen) atoms. The molecule has 0 saturated carbocycles. The molecule has 3 nitrogen and oxygen atoms in total. The molecule has 0 atom stereocenters. The van der Waals surface area contributed by atoms with E-state index in [9.17, 15) is 0 Å². The van der Waals surface area contributed by atoms with Crippen LogP contribution in [0.1, 0.15) is 25.2 Å². The topological polar surface area (TPSA) is 27.1 Å². The number of nitrogens with zero attached hydrogens (tertiary/aromatic N) is 2. The molecular formula is C15H21ClN2O. The summed E-state index contributed by atoms with van der Waals surface area (Å²) in [4.78, 5) is 4.73. The fraction of sp³-hybridized carbons (Fsp3) is 0.533. The highest BCUT2D eigenvalue weighted by Gasteiger charge is 2.26. The maximum Gasteiger partial charge on any atom is 0.111 e. The maximum atomic E-state index is 5.92. The summed E-state index contributed by atoms with van der Waals surface area (Å²) >= 11 is 5.92. The second-order valence-corrected chi connectivity index (χ2v) is 5.87. The lowest BCUT2D eigenvalue weighted by atomic mass is 10.0. The third-order valence-electron chi connectivity index (χ3n) is 3.37. The molecule has 0 N–H and O–H groups in total. The Morgan fingerprint density at radius 2 is 2.11 bits per heavy atom. The second-order valence-electron chi connectivity index (χ2n) is 5.49. The number of hydrogen-bond acceptors (Lipinski definition) is 2. The molecule has 0 saturated heterocycles. The van der Waals surface area contributed by atoms with Gasteiger partial charge in [0, 0.05) is 19.4 Å². The van der Waals surface area contributed by atoms with Crippen molar-refractivity contribution in [3.8, 4) is 0 Å². The van der Waals surface area contributed by atoms with Gasteiger partial charge in [-0.2, -0.15) is 0 Å². The lowest BCUT2D eigenvalue weighted by molar-refractivity contribution is 0.110. The van der Waals surface area contributed by atoms with Crippen molar-refractivity contribution in [2.45, 2.75) is 32.7 Å². The number of fused-ring (bicyclic) bond motifs is 1. The Kier molecular flexibility index (Phi) is 4.16. The maximum absolute atomic E-state index is 5.92. The Balaban J connectivity index is 2.70. The first-order valence-electron chi connectivity index (χ1n) is 6.53. The van der Waals surface area contributed by atoms with E-state index in [-0.39, 0.29) is 5.54 Å². The van der Waals surface area contributed by atoms with Crippen LogP contribution in [-0.4, -0.2) is 29.1 Å².